The molecule has 3 aromatic heterocycles. The molecule has 0 unspecified atom stereocenters. The number of carbonyl (C=O) groups excluding carboxylic acids is 2. The number of anilines is 3. The molecule has 12 heteroatoms. The number of amides is 2. The summed E-state index contributed by atoms with van der Waals surface area (Å²) < 4.78 is 5.51. The van der Waals surface area contributed by atoms with Crippen LogP contribution in [0.15, 0.2) is 36.8 Å². The molecule has 0 bridgehead atoms. The van der Waals surface area contributed by atoms with Crippen LogP contribution in [0.2, 0.25) is 0 Å². The molecular formula is C27H34N8O3S. The average molecular weight is 551 g/mol. The standard InChI is InChI=1S/C27H34N8O3S/c1-17-30-22(33-25-29-15-21(39-25)18-7-10-28-11-8-18)14-23(31-17)34-13-9-19(16-34)32-24(36)20-6-5-12-35(20)26(37)38-27(2,3)4/h7-8,10-11,14-15,19-20H,5-6,9,12-13,16H2,1-4H3,(H,32,36)(H,29,30,31,33)/t19-,20-/m0/s1. The first-order valence-corrected chi connectivity index (χ1v) is 14.0. The highest BCUT2D eigenvalue weighted by Crippen LogP contribution is 2.31. The average Bonchev–Trinajstić information content (AvgIpc) is 3.64. The number of thiazole rings is 1. The van der Waals surface area contributed by atoms with Gasteiger partial charge in [-0.15, -0.1) is 0 Å². The predicted molar refractivity (Wildman–Crippen MR) is 150 cm³/mol. The topological polar surface area (TPSA) is 125 Å². The Balaban J connectivity index is 1.20. The number of nitrogens with zero attached hydrogens (tertiary/aromatic N) is 6. The third kappa shape index (κ3) is 6.62. The van der Waals surface area contributed by atoms with Crippen molar-refractivity contribution < 1.29 is 14.3 Å². The fraction of sp³-hybridized carbons (Fsp3) is 0.481. The monoisotopic (exact) mass is 550 g/mol. The lowest BCUT2D eigenvalue weighted by Crippen LogP contribution is -2.50. The maximum Gasteiger partial charge on any atom is 0.410 e. The maximum atomic E-state index is 13.1. The molecule has 2 saturated heterocycles. The van der Waals surface area contributed by atoms with Crippen LogP contribution in [-0.4, -0.2) is 74.2 Å². The summed E-state index contributed by atoms with van der Waals surface area (Å²) in [5.74, 6) is 1.98. The quantitative estimate of drug-likeness (QED) is 0.466. The van der Waals surface area contributed by atoms with Crippen molar-refractivity contribution in [3.63, 3.8) is 0 Å². The van der Waals surface area contributed by atoms with Crippen LogP contribution >= 0.6 is 11.3 Å². The highest BCUT2D eigenvalue weighted by atomic mass is 32.1. The van der Waals surface area contributed by atoms with Crippen LogP contribution in [0.5, 0.6) is 0 Å². The molecule has 2 N–H and O–H groups in total. The van der Waals surface area contributed by atoms with Crippen LogP contribution in [0.25, 0.3) is 10.4 Å². The normalized spacial score (nSPS) is 19.3. The van der Waals surface area contributed by atoms with E-state index < -0.39 is 17.7 Å². The summed E-state index contributed by atoms with van der Waals surface area (Å²) in [6.07, 6.45) is 7.14. The summed E-state index contributed by atoms with van der Waals surface area (Å²) >= 11 is 1.54. The highest BCUT2D eigenvalue weighted by Gasteiger charge is 2.38. The van der Waals surface area contributed by atoms with Crippen molar-refractivity contribution in [2.75, 3.05) is 29.9 Å². The summed E-state index contributed by atoms with van der Waals surface area (Å²) in [5, 5.41) is 7.20. The van der Waals surface area contributed by atoms with Crippen LogP contribution in [0.1, 0.15) is 45.9 Å². The Labute approximate surface area is 232 Å². The minimum absolute atomic E-state index is 0.0350. The lowest BCUT2D eigenvalue weighted by atomic mass is 10.1. The predicted octanol–water partition coefficient (Wildman–Crippen LogP) is 4.14. The van der Waals surface area contributed by atoms with E-state index in [0.29, 0.717) is 31.2 Å². The molecular weight excluding hydrogens is 516 g/mol. The highest BCUT2D eigenvalue weighted by molar-refractivity contribution is 7.18. The number of rotatable bonds is 6. The van der Waals surface area contributed by atoms with Crippen molar-refractivity contribution in [1.29, 1.82) is 0 Å². The SMILES string of the molecule is Cc1nc(Nc2ncc(-c3ccncc3)s2)cc(N2CC[C@H](NC(=O)[C@@H]3CCCN3C(=O)OC(C)(C)C)C2)n1. The van der Waals surface area contributed by atoms with Gasteiger partial charge in [0.1, 0.15) is 29.1 Å². The van der Waals surface area contributed by atoms with Crippen molar-refractivity contribution in [2.45, 2.75) is 64.6 Å². The van der Waals surface area contributed by atoms with Gasteiger partial charge in [0.2, 0.25) is 5.91 Å². The van der Waals surface area contributed by atoms with Crippen LogP contribution < -0.4 is 15.5 Å². The van der Waals surface area contributed by atoms with Gasteiger partial charge in [-0.25, -0.2) is 19.7 Å². The molecule has 0 aromatic carbocycles. The van der Waals surface area contributed by atoms with Gasteiger partial charge in [0.15, 0.2) is 5.13 Å². The summed E-state index contributed by atoms with van der Waals surface area (Å²) in [7, 11) is 0. The van der Waals surface area contributed by atoms with Crippen LogP contribution in [0, 0.1) is 6.92 Å². The second-order valence-electron chi connectivity index (χ2n) is 10.8. The van der Waals surface area contributed by atoms with E-state index in [2.05, 4.69) is 35.5 Å². The number of nitrogens with one attached hydrogen (secondary N) is 2. The van der Waals surface area contributed by atoms with Crippen molar-refractivity contribution in [2.24, 2.45) is 0 Å². The summed E-state index contributed by atoms with van der Waals surface area (Å²) in [4.78, 5) is 48.2. The van der Waals surface area contributed by atoms with Gasteiger partial charge in [-0.3, -0.25) is 14.7 Å². The lowest BCUT2D eigenvalue weighted by molar-refractivity contribution is -0.126. The van der Waals surface area contributed by atoms with Crippen molar-refractivity contribution >= 4 is 40.1 Å². The van der Waals surface area contributed by atoms with E-state index in [4.69, 9.17) is 4.74 Å². The number of pyridine rings is 1. The Morgan fingerprint density at radius 2 is 1.92 bits per heavy atom. The number of aromatic nitrogens is 4. The van der Waals surface area contributed by atoms with Gasteiger partial charge in [0.25, 0.3) is 0 Å². The fourth-order valence-electron chi connectivity index (χ4n) is 4.83. The number of carbonyl (C=O) groups is 2. The second-order valence-corrected chi connectivity index (χ2v) is 11.9. The summed E-state index contributed by atoms with van der Waals surface area (Å²) in [6.45, 7) is 9.26. The number of hydrogen-bond donors (Lipinski definition) is 2. The zero-order valence-corrected chi connectivity index (χ0v) is 23.5. The molecule has 2 amide bonds. The number of likely N-dealkylation sites (tertiary alicyclic amines) is 1. The Bertz CT molecular complexity index is 1330. The molecule has 5 rings (SSSR count). The van der Waals surface area contributed by atoms with Gasteiger partial charge in [-0.05, 0) is 64.7 Å². The Morgan fingerprint density at radius 3 is 2.69 bits per heavy atom. The number of ether oxygens (including phenoxy) is 1. The third-order valence-electron chi connectivity index (χ3n) is 6.57. The zero-order chi connectivity index (χ0) is 27.6. The number of aryl methyl sites for hydroxylation is 1. The first-order chi connectivity index (χ1) is 18.6. The van der Waals surface area contributed by atoms with E-state index in [1.165, 1.54) is 0 Å². The van der Waals surface area contributed by atoms with Crippen LogP contribution in [0.3, 0.4) is 0 Å². The molecule has 2 aliphatic heterocycles. The minimum atomic E-state index is -0.600. The first kappa shape index (κ1) is 26.8. The fourth-order valence-corrected chi connectivity index (χ4v) is 5.66. The molecule has 2 aliphatic rings. The van der Waals surface area contributed by atoms with Gasteiger partial charge in [0, 0.05) is 50.3 Å². The molecule has 2 atom stereocenters. The van der Waals surface area contributed by atoms with Gasteiger partial charge in [-0.1, -0.05) is 11.3 Å². The van der Waals surface area contributed by atoms with Gasteiger partial charge >= 0.3 is 6.09 Å². The van der Waals surface area contributed by atoms with E-state index in [-0.39, 0.29) is 11.9 Å². The van der Waals surface area contributed by atoms with Crippen LogP contribution in [-0.2, 0) is 9.53 Å². The summed E-state index contributed by atoms with van der Waals surface area (Å²) in [6, 6.07) is 5.28. The van der Waals surface area contributed by atoms with E-state index in [1.54, 1.807) is 28.6 Å². The molecule has 2 fully saturated rings. The van der Waals surface area contributed by atoms with Gasteiger partial charge in [0.05, 0.1) is 4.88 Å². The van der Waals surface area contributed by atoms with E-state index in [9.17, 15) is 9.59 Å². The minimum Gasteiger partial charge on any atom is -0.444 e. The largest absolute Gasteiger partial charge is 0.444 e. The maximum absolute atomic E-state index is 13.1. The first-order valence-electron chi connectivity index (χ1n) is 13.2. The zero-order valence-electron chi connectivity index (χ0n) is 22.7. The van der Waals surface area contributed by atoms with Crippen molar-refractivity contribution in [3.8, 4) is 10.4 Å². The van der Waals surface area contributed by atoms with Crippen molar-refractivity contribution in [1.82, 2.24) is 30.2 Å². The molecule has 0 aliphatic carbocycles. The van der Waals surface area contributed by atoms with E-state index >= 15 is 0 Å². The molecule has 206 valence electrons. The molecule has 0 saturated carbocycles. The van der Waals surface area contributed by atoms with E-state index in [1.807, 2.05) is 52.1 Å². The second kappa shape index (κ2) is 11.1. The molecule has 39 heavy (non-hydrogen) atoms. The molecule has 5 heterocycles. The molecule has 11 nitrogen and oxygen atoms in total. The number of hydrogen-bond acceptors (Lipinski definition) is 10. The molecule has 0 spiro atoms. The Kier molecular flexibility index (Phi) is 7.65. The smallest absolute Gasteiger partial charge is 0.410 e. The molecule has 0 radical (unpaired) electrons. The Morgan fingerprint density at radius 1 is 1.13 bits per heavy atom. The van der Waals surface area contributed by atoms with Crippen LogP contribution in [0.4, 0.5) is 21.6 Å². The van der Waals surface area contributed by atoms with Gasteiger partial charge in [-0.2, -0.15) is 0 Å². The lowest BCUT2D eigenvalue weighted by Gasteiger charge is -2.28. The Hall–Kier alpha value is -3.80. The van der Waals surface area contributed by atoms with Gasteiger partial charge < -0.3 is 20.3 Å². The van der Waals surface area contributed by atoms with E-state index in [0.717, 1.165) is 40.8 Å². The third-order valence-corrected chi connectivity index (χ3v) is 7.53. The summed E-state index contributed by atoms with van der Waals surface area (Å²) in [5.41, 5.74) is 0.462. The molecule has 3 aromatic rings. The van der Waals surface area contributed by atoms with Crippen molar-refractivity contribution in [3.05, 3.63) is 42.6 Å².